The molecule has 2 unspecified atom stereocenters. The maximum atomic E-state index is 13.1. The lowest BCUT2D eigenvalue weighted by atomic mass is 10.0. The van der Waals surface area contributed by atoms with E-state index in [1.807, 2.05) is 0 Å². The first-order valence-electron chi connectivity index (χ1n) is 39.5. The first kappa shape index (κ1) is 93.1. The van der Waals surface area contributed by atoms with Crippen molar-refractivity contribution in [1.82, 2.24) is 0 Å². The third-order valence-corrected chi connectivity index (χ3v) is 19.6. The van der Waals surface area contributed by atoms with E-state index in [1.165, 1.54) is 205 Å². The van der Waals surface area contributed by atoms with Gasteiger partial charge in [0.15, 0.2) is 12.2 Å². The van der Waals surface area contributed by atoms with Gasteiger partial charge in [0.25, 0.3) is 0 Å². The minimum absolute atomic E-state index is 0.103. The molecule has 0 aliphatic carbocycles. The topological polar surface area (TPSA) is 237 Å². The highest BCUT2D eigenvalue weighted by Crippen LogP contribution is 2.45. The van der Waals surface area contributed by atoms with Crippen LogP contribution in [0, 0.1) is 11.8 Å². The molecule has 0 radical (unpaired) electrons. The van der Waals surface area contributed by atoms with E-state index in [4.69, 9.17) is 37.0 Å². The van der Waals surface area contributed by atoms with Crippen molar-refractivity contribution in [3.05, 3.63) is 0 Å². The Labute approximate surface area is 581 Å². The molecule has 95 heavy (non-hydrogen) atoms. The molecule has 3 N–H and O–H groups in total. The molecule has 0 aromatic heterocycles. The molecule has 5 atom stereocenters. The highest BCUT2D eigenvalue weighted by molar-refractivity contribution is 7.47. The van der Waals surface area contributed by atoms with Gasteiger partial charge in [0, 0.05) is 25.7 Å². The van der Waals surface area contributed by atoms with Gasteiger partial charge in [-0.05, 0) is 37.5 Å². The molecule has 0 aliphatic rings. The van der Waals surface area contributed by atoms with E-state index in [0.29, 0.717) is 37.5 Å². The summed E-state index contributed by atoms with van der Waals surface area (Å²) in [5, 5.41) is 10.6. The Morgan fingerprint density at radius 2 is 0.484 bits per heavy atom. The molecule has 0 fully saturated rings. The van der Waals surface area contributed by atoms with Gasteiger partial charge in [0.1, 0.15) is 19.3 Å². The van der Waals surface area contributed by atoms with Crippen LogP contribution < -0.4 is 0 Å². The minimum Gasteiger partial charge on any atom is -0.462 e. The molecule has 0 saturated carbocycles. The predicted molar refractivity (Wildman–Crippen MR) is 386 cm³/mol. The second-order valence-corrected chi connectivity index (χ2v) is 31.3. The number of hydrogen-bond donors (Lipinski definition) is 3. The smallest absolute Gasteiger partial charge is 0.462 e. The Hall–Kier alpha value is -1.94. The maximum Gasteiger partial charge on any atom is 0.472 e. The first-order chi connectivity index (χ1) is 45.9. The third kappa shape index (κ3) is 70.3. The van der Waals surface area contributed by atoms with Gasteiger partial charge in [-0.15, -0.1) is 0 Å². The summed E-state index contributed by atoms with van der Waals surface area (Å²) in [6.45, 7) is 9.44. The lowest BCUT2D eigenvalue weighted by molar-refractivity contribution is -0.161. The summed E-state index contributed by atoms with van der Waals surface area (Å²) < 4.78 is 68.4. The van der Waals surface area contributed by atoms with E-state index in [2.05, 4.69) is 41.5 Å². The lowest BCUT2D eigenvalue weighted by Gasteiger charge is -2.21. The Morgan fingerprint density at radius 1 is 0.284 bits per heavy atom. The number of aliphatic hydroxyl groups is 1. The van der Waals surface area contributed by atoms with Crippen LogP contribution in [0.5, 0.6) is 0 Å². The van der Waals surface area contributed by atoms with E-state index >= 15 is 0 Å². The van der Waals surface area contributed by atoms with Gasteiger partial charge in [-0.2, -0.15) is 0 Å². The molecule has 19 heteroatoms. The van der Waals surface area contributed by atoms with Crippen LogP contribution in [0.2, 0.25) is 0 Å². The number of esters is 4. The fourth-order valence-corrected chi connectivity index (χ4v) is 13.2. The van der Waals surface area contributed by atoms with Crippen molar-refractivity contribution < 1.29 is 80.2 Å². The fourth-order valence-electron chi connectivity index (χ4n) is 11.7. The number of hydrogen-bond acceptors (Lipinski definition) is 15. The standard InChI is InChI=1S/C76H148O17P2/c1-7-9-11-13-15-17-19-21-23-24-25-26-27-28-30-32-34-36-40-48-54-60-75(80)92-71(64-86-73(78)58-52-46-39-35-33-31-29-22-20-18-16-14-12-10-8-2)66-90-94(82,83)88-62-70(77)63-89-95(84,85)91-67-72(65-87-74(79)59-53-47-43-42-45-51-57-69(5)6)93-76(81)61-55-49-41-37-38-44-50-56-68(3)4/h68-72,77H,7-67H2,1-6H3,(H,82,83)(H,84,85)/t70-,71-,72-/m1/s1. The van der Waals surface area contributed by atoms with Crippen molar-refractivity contribution in [2.45, 2.75) is 413 Å². The van der Waals surface area contributed by atoms with Crippen LogP contribution in [0.4, 0.5) is 0 Å². The molecule has 0 bridgehead atoms. The van der Waals surface area contributed by atoms with Crippen LogP contribution in [-0.4, -0.2) is 96.7 Å². The largest absolute Gasteiger partial charge is 0.472 e. The number of unbranched alkanes of at least 4 members (excludes halogenated alkanes) is 45. The lowest BCUT2D eigenvalue weighted by Crippen LogP contribution is -2.30. The van der Waals surface area contributed by atoms with E-state index in [-0.39, 0.29) is 25.7 Å². The number of carbonyl (C=O) groups is 4. The molecular weight excluding hydrogens is 1250 g/mol. The molecule has 0 aromatic carbocycles. The van der Waals surface area contributed by atoms with Crippen LogP contribution >= 0.6 is 15.6 Å². The Balaban J connectivity index is 5.18. The zero-order chi connectivity index (χ0) is 70.0. The van der Waals surface area contributed by atoms with Gasteiger partial charge in [0.05, 0.1) is 26.4 Å². The Morgan fingerprint density at radius 3 is 0.716 bits per heavy atom. The molecule has 0 saturated heterocycles. The summed E-state index contributed by atoms with van der Waals surface area (Å²) in [7, 11) is -9.91. The van der Waals surface area contributed by atoms with Crippen molar-refractivity contribution in [1.29, 1.82) is 0 Å². The monoisotopic (exact) mass is 1400 g/mol. The van der Waals surface area contributed by atoms with Crippen molar-refractivity contribution in [3.8, 4) is 0 Å². The van der Waals surface area contributed by atoms with Gasteiger partial charge in [-0.25, -0.2) is 9.13 Å². The normalized spacial score (nSPS) is 14.0. The summed E-state index contributed by atoms with van der Waals surface area (Å²) in [6, 6.07) is 0. The second kappa shape index (κ2) is 67.9. The quantitative estimate of drug-likeness (QED) is 0.0222. The molecule has 17 nitrogen and oxygen atoms in total. The predicted octanol–water partition coefficient (Wildman–Crippen LogP) is 22.3. The Bertz CT molecular complexity index is 1840. The number of ether oxygens (including phenoxy) is 4. The molecule has 0 aliphatic heterocycles. The number of rotatable bonds is 75. The average Bonchev–Trinajstić information content (AvgIpc) is 3.65. The van der Waals surface area contributed by atoms with Crippen molar-refractivity contribution in [3.63, 3.8) is 0 Å². The van der Waals surface area contributed by atoms with E-state index < -0.39 is 97.5 Å². The van der Waals surface area contributed by atoms with E-state index in [9.17, 15) is 43.2 Å². The molecular formula is C76H148O17P2. The van der Waals surface area contributed by atoms with Crippen LogP contribution in [0.1, 0.15) is 395 Å². The first-order valence-corrected chi connectivity index (χ1v) is 42.5. The number of phosphoric ester groups is 2. The summed E-state index contributed by atoms with van der Waals surface area (Å²) in [4.78, 5) is 72.7. The van der Waals surface area contributed by atoms with Crippen molar-refractivity contribution in [2.24, 2.45) is 11.8 Å². The zero-order valence-electron chi connectivity index (χ0n) is 62.0. The van der Waals surface area contributed by atoms with Crippen LogP contribution in [-0.2, 0) is 65.4 Å². The van der Waals surface area contributed by atoms with Crippen LogP contribution in [0.25, 0.3) is 0 Å². The van der Waals surface area contributed by atoms with Gasteiger partial charge >= 0.3 is 39.5 Å². The van der Waals surface area contributed by atoms with Gasteiger partial charge in [-0.3, -0.25) is 37.3 Å². The fraction of sp³-hybridized carbons (Fsp3) is 0.947. The van der Waals surface area contributed by atoms with E-state index in [1.54, 1.807) is 0 Å². The highest BCUT2D eigenvalue weighted by Gasteiger charge is 2.30. The van der Waals surface area contributed by atoms with Gasteiger partial charge in [0.2, 0.25) is 0 Å². The summed E-state index contributed by atoms with van der Waals surface area (Å²) >= 11 is 0. The van der Waals surface area contributed by atoms with Gasteiger partial charge in [-0.1, -0.05) is 343 Å². The number of phosphoric acid groups is 2. The maximum absolute atomic E-state index is 13.1. The average molecular weight is 1400 g/mol. The summed E-state index contributed by atoms with van der Waals surface area (Å²) in [5.41, 5.74) is 0. The molecule has 0 aromatic rings. The summed E-state index contributed by atoms with van der Waals surface area (Å²) in [6.07, 6.45) is 55.9. The SMILES string of the molecule is CCCCCCCCCCCCCCCCCCCCCCCC(=O)O[C@H](COC(=O)CCCCCCCCCCCCCCCCC)COP(=O)(O)OC[C@@H](O)COP(=O)(O)OC[C@@H](COC(=O)CCCCCCCCC(C)C)OC(=O)CCCCCCCCCC(C)C. The molecule has 0 heterocycles. The third-order valence-electron chi connectivity index (χ3n) is 17.7. The number of aliphatic hydroxyl groups excluding tert-OH is 1. The molecule has 0 rings (SSSR count). The van der Waals surface area contributed by atoms with E-state index in [0.717, 1.165) is 96.3 Å². The summed E-state index contributed by atoms with van der Waals surface area (Å²) in [5.74, 6) is -0.746. The number of carbonyl (C=O) groups excluding carboxylic acids is 4. The molecule has 0 amide bonds. The van der Waals surface area contributed by atoms with Crippen molar-refractivity contribution in [2.75, 3.05) is 39.6 Å². The zero-order valence-corrected chi connectivity index (χ0v) is 63.8. The second-order valence-electron chi connectivity index (χ2n) is 28.3. The van der Waals surface area contributed by atoms with Crippen molar-refractivity contribution >= 4 is 39.5 Å². The van der Waals surface area contributed by atoms with Gasteiger partial charge < -0.3 is 33.8 Å². The van der Waals surface area contributed by atoms with Crippen LogP contribution in [0.15, 0.2) is 0 Å². The Kier molecular flexibility index (Phi) is 66.5. The van der Waals surface area contributed by atoms with Crippen LogP contribution in [0.3, 0.4) is 0 Å². The minimum atomic E-state index is -4.96. The highest BCUT2D eigenvalue weighted by atomic mass is 31.2. The molecule has 564 valence electrons. The molecule has 0 spiro atoms.